The highest BCUT2D eigenvalue weighted by Crippen LogP contribution is 2.22. The molecule has 0 spiro atoms. The van der Waals surface area contributed by atoms with Crippen molar-refractivity contribution >= 4 is 5.91 Å². The van der Waals surface area contributed by atoms with Gasteiger partial charge in [0.25, 0.3) is 0 Å². The summed E-state index contributed by atoms with van der Waals surface area (Å²) < 4.78 is 0. The first-order valence-corrected chi connectivity index (χ1v) is 6.27. The number of nitrogens with zero attached hydrogens (tertiary/aromatic N) is 1. The van der Waals surface area contributed by atoms with E-state index in [-0.39, 0.29) is 11.3 Å². The van der Waals surface area contributed by atoms with Gasteiger partial charge in [-0.2, -0.15) is 0 Å². The van der Waals surface area contributed by atoms with Gasteiger partial charge in [0, 0.05) is 19.0 Å². The molecule has 0 saturated heterocycles. The molecule has 3 heteroatoms. The Balaban J connectivity index is 4.07. The molecule has 16 heavy (non-hydrogen) atoms. The van der Waals surface area contributed by atoms with Crippen LogP contribution >= 0.6 is 0 Å². The monoisotopic (exact) mass is 228 g/mol. The van der Waals surface area contributed by atoms with Crippen molar-refractivity contribution < 1.29 is 4.79 Å². The maximum absolute atomic E-state index is 12.1. The van der Waals surface area contributed by atoms with E-state index in [0.717, 1.165) is 19.4 Å². The van der Waals surface area contributed by atoms with Gasteiger partial charge < -0.3 is 10.6 Å². The summed E-state index contributed by atoms with van der Waals surface area (Å²) in [6.07, 6.45) is 3.01. The number of hydrogen-bond acceptors (Lipinski definition) is 2. The average Bonchev–Trinajstić information content (AvgIpc) is 2.15. The normalized spacial score (nSPS) is 11.9. The molecule has 0 bridgehead atoms. The standard InChI is InChI=1S/C13H28N2O/c1-11(2)7-6-10-15(5)12(16)13(3,4)8-9-14/h11H,6-10,14H2,1-5H3. The van der Waals surface area contributed by atoms with E-state index >= 15 is 0 Å². The van der Waals surface area contributed by atoms with Crippen molar-refractivity contribution in [1.82, 2.24) is 4.90 Å². The lowest BCUT2D eigenvalue weighted by atomic mass is 9.87. The van der Waals surface area contributed by atoms with Gasteiger partial charge in [0.2, 0.25) is 5.91 Å². The van der Waals surface area contributed by atoms with Crippen LogP contribution < -0.4 is 5.73 Å². The number of nitrogens with two attached hydrogens (primary N) is 1. The highest BCUT2D eigenvalue weighted by molar-refractivity contribution is 5.81. The molecule has 0 rings (SSSR count). The molecule has 0 aromatic heterocycles. The molecule has 2 N–H and O–H groups in total. The lowest BCUT2D eigenvalue weighted by molar-refractivity contribution is -0.139. The molecule has 0 aliphatic heterocycles. The van der Waals surface area contributed by atoms with Crippen LogP contribution in [-0.4, -0.2) is 30.9 Å². The van der Waals surface area contributed by atoms with Crippen LogP contribution in [-0.2, 0) is 4.79 Å². The molecular weight excluding hydrogens is 200 g/mol. The van der Waals surface area contributed by atoms with E-state index in [1.165, 1.54) is 6.42 Å². The van der Waals surface area contributed by atoms with Crippen molar-refractivity contribution in [3.63, 3.8) is 0 Å². The number of carbonyl (C=O) groups is 1. The van der Waals surface area contributed by atoms with Gasteiger partial charge in [0.1, 0.15) is 0 Å². The molecule has 0 unspecified atom stereocenters. The molecule has 0 fully saturated rings. The highest BCUT2D eigenvalue weighted by Gasteiger charge is 2.29. The molecule has 0 atom stereocenters. The molecular formula is C13H28N2O. The maximum Gasteiger partial charge on any atom is 0.228 e. The van der Waals surface area contributed by atoms with E-state index in [0.29, 0.717) is 12.5 Å². The van der Waals surface area contributed by atoms with Gasteiger partial charge in [-0.3, -0.25) is 4.79 Å². The van der Waals surface area contributed by atoms with E-state index in [2.05, 4.69) is 13.8 Å². The molecule has 1 amide bonds. The minimum absolute atomic E-state index is 0.210. The third kappa shape index (κ3) is 5.50. The molecule has 0 saturated carbocycles. The fourth-order valence-corrected chi connectivity index (χ4v) is 1.82. The van der Waals surface area contributed by atoms with Crippen LogP contribution in [0.3, 0.4) is 0 Å². The highest BCUT2D eigenvalue weighted by atomic mass is 16.2. The second kappa shape index (κ2) is 6.89. The van der Waals surface area contributed by atoms with Gasteiger partial charge in [-0.1, -0.05) is 27.7 Å². The van der Waals surface area contributed by atoms with E-state index in [1.54, 1.807) is 0 Å². The lowest BCUT2D eigenvalue weighted by Gasteiger charge is -2.29. The smallest absolute Gasteiger partial charge is 0.228 e. The van der Waals surface area contributed by atoms with E-state index < -0.39 is 0 Å². The van der Waals surface area contributed by atoms with E-state index in [9.17, 15) is 4.79 Å². The molecule has 0 aliphatic rings. The molecule has 0 heterocycles. The molecule has 0 radical (unpaired) electrons. The number of rotatable bonds is 7. The Morgan fingerprint density at radius 2 is 1.94 bits per heavy atom. The Bertz CT molecular complexity index is 212. The number of hydrogen-bond donors (Lipinski definition) is 1. The van der Waals surface area contributed by atoms with Gasteiger partial charge in [-0.05, 0) is 31.7 Å². The van der Waals surface area contributed by atoms with Crippen molar-refractivity contribution in [1.29, 1.82) is 0 Å². The fourth-order valence-electron chi connectivity index (χ4n) is 1.82. The molecule has 96 valence electrons. The van der Waals surface area contributed by atoms with Crippen molar-refractivity contribution in [3.05, 3.63) is 0 Å². The van der Waals surface area contributed by atoms with Crippen molar-refractivity contribution in [2.75, 3.05) is 20.1 Å². The minimum Gasteiger partial charge on any atom is -0.345 e. The summed E-state index contributed by atoms with van der Waals surface area (Å²) in [7, 11) is 1.89. The van der Waals surface area contributed by atoms with E-state index in [4.69, 9.17) is 5.73 Å². The lowest BCUT2D eigenvalue weighted by Crippen LogP contribution is -2.40. The predicted molar refractivity (Wildman–Crippen MR) is 69.2 cm³/mol. The molecule has 0 aromatic rings. The van der Waals surface area contributed by atoms with Crippen LogP contribution in [0.25, 0.3) is 0 Å². The van der Waals surface area contributed by atoms with Gasteiger partial charge in [-0.15, -0.1) is 0 Å². The third-order valence-corrected chi connectivity index (χ3v) is 2.97. The van der Waals surface area contributed by atoms with Crippen LogP contribution in [0.1, 0.15) is 47.0 Å². The van der Waals surface area contributed by atoms with Crippen LogP contribution in [0.15, 0.2) is 0 Å². The summed E-state index contributed by atoms with van der Waals surface area (Å²) in [5.74, 6) is 0.919. The van der Waals surface area contributed by atoms with Crippen molar-refractivity contribution in [2.24, 2.45) is 17.1 Å². The van der Waals surface area contributed by atoms with Gasteiger partial charge >= 0.3 is 0 Å². The van der Waals surface area contributed by atoms with E-state index in [1.807, 2.05) is 25.8 Å². The Morgan fingerprint density at radius 3 is 2.38 bits per heavy atom. The summed E-state index contributed by atoms with van der Waals surface area (Å²) in [6, 6.07) is 0. The largest absolute Gasteiger partial charge is 0.345 e. The first kappa shape index (κ1) is 15.4. The van der Waals surface area contributed by atoms with Crippen LogP contribution in [0.5, 0.6) is 0 Å². The number of carbonyl (C=O) groups excluding carboxylic acids is 1. The van der Waals surface area contributed by atoms with Crippen LogP contribution in [0.4, 0.5) is 0 Å². The fraction of sp³-hybridized carbons (Fsp3) is 0.923. The summed E-state index contributed by atoms with van der Waals surface area (Å²) in [4.78, 5) is 13.9. The second-order valence-electron chi connectivity index (χ2n) is 5.69. The summed E-state index contributed by atoms with van der Waals surface area (Å²) in [5.41, 5.74) is 5.20. The topological polar surface area (TPSA) is 46.3 Å². The maximum atomic E-state index is 12.1. The zero-order chi connectivity index (χ0) is 12.8. The van der Waals surface area contributed by atoms with Gasteiger partial charge in [0.05, 0.1) is 0 Å². The van der Waals surface area contributed by atoms with Crippen molar-refractivity contribution in [2.45, 2.75) is 47.0 Å². The second-order valence-corrected chi connectivity index (χ2v) is 5.69. The Hall–Kier alpha value is -0.570. The zero-order valence-corrected chi connectivity index (χ0v) is 11.5. The summed E-state index contributed by atoms with van der Waals surface area (Å²) in [6.45, 7) is 9.78. The first-order chi connectivity index (χ1) is 7.31. The third-order valence-electron chi connectivity index (χ3n) is 2.97. The van der Waals surface area contributed by atoms with Crippen molar-refractivity contribution in [3.8, 4) is 0 Å². The Labute approximate surface area is 100 Å². The average molecular weight is 228 g/mol. The Kier molecular flexibility index (Phi) is 6.65. The van der Waals surface area contributed by atoms with Gasteiger partial charge in [-0.25, -0.2) is 0 Å². The van der Waals surface area contributed by atoms with Crippen LogP contribution in [0.2, 0.25) is 0 Å². The minimum atomic E-state index is -0.318. The number of amides is 1. The first-order valence-electron chi connectivity index (χ1n) is 6.27. The summed E-state index contributed by atoms with van der Waals surface area (Å²) in [5, 5.41) is 0. The van der Waals surface area contributed by atoms with Gasteiger partial charge in [0.15, 0.2) is 0 Å². The molecule has 0 aliphatic carbocycles. The quantitative estimate of drug-likeness (QED) is 0.726. The zero-order valence-electron chi connectivity index (χ0n) is 11.5. The summed E-state index contributed by atoms with van der Waals surface area (Å²) >= 11 is 0. The predicted octanol–water partition coefficient (Wildman–Crippen LogP) is 2.26. The molecule has 3 nitrogen and oxygen atoms in total. The SMILES string of the molecule is CC(C)CCCN(C)C(=O)C(C)(C)CCN. The Morgan fingerprint density at radius 1 is 1.38 bits per heavy atom. The molecule has 0 aromatic carbocycles. The van der Waals surface area contributed by atoms with Crippen LogP contribution in [0, 0.1) is 11.3 Å².